The molecule has 2 radical (unpaired) electrons. The molecule has 3 unspecified atom stereocenters. The van der Waals surface area contributed by atoms with Gasteiger partial charge in [0.1, 0.15) is 19.2 Å². The summed E-state index contributed by atoms with van der Waals surface area (Å²) in [6, 6.07) is 0.128. The van der Waals surface area contributed by atoms with Crippen LogP contribution in [0.1, 0.15) is 13.3 Å². The maximum Gasteiger partial charge on any atom is 0.128 e. The molecule has 0 aromatic heterocycles. The van der Waals surface area contributed by atoms with E-state index in [0.717, 1.165) is 6.42 Å². The van der Waals surface area contributed by atoms with Gasteiger partial charge in [-0.1, -0.05) is 0 Å². The Bertz CT molecular complexity index is 316. The van der Waals surface area contributed by atoms with Gasteiger partial charge in [0.05, 0.1) is 6.61 Å². The highest BCUT2D eigenvalue weighted by molar-refractivity contribution is 6.11. The minimum atomic E-state index is -0.239. The highest BCUT2D eigenvalue weighted by atomic mass is 16.6. The minimum Gasteiger partial charge on any atom is -0.382 e. The van der Waals surface area contributed by atoms with Gasteiger partial charge in [0.25, 0.3) is 0 Å². The van der Waals surface area contributed by atoms with Crippen molar-refractivity contribution < 1.29 is 14.2 Å². The molecule has 0 amide bonds. The topological polar surface area (TPSA) is 39.7 Å². The van der Waals surface area contributed by atoms with Crippen LogP contribution in [0, 0.1) is 11.8 Å². The molecular formula is C11H18BNO3. The van der Waals surface area contributed by atoms with Gasteiger partial charge >= 0.3 is 0 Å². The first-order chi connectivity index (χ1) is 7.58. The van der Waals surface area contributed by atoms with Crippen molar-refractivity contribution in [3.63, 3.8) is 0 Å². The molecule has 2 aliphatic heterocycles. The summed E-state index contributed by atoms with van der Waals surface area (Å²) < 4.78 is 16.9. The molecule has 0 spiro atoms. The number of methoxy groups -OCH3 is 2. The maximum absolute atomic E-state index is 6.08. The Morgan fingerprint density at radius 2 is 2.25 bits per heavy atom. The van der Waals surface area contributed by atoms with Crippen molar-refractivity contribution in [2.75, 3.05) is 20.8 Å². The normalized spacial score (nSPS) is 58.4. The molecule has 1 saturated carbocycles. The molecule has 3 aliphatic rings. The molecule has 6 atom stereocenters. The summed E-state index contributed by atoms with van der Waals surface area (Å²) in [5, 5.41) is 3.52. The van der Waals surface area contributed by atoms with Gasteiger partial charge in [-0.15, -0.1) is 0 Å². The molecule has 16 heavy (non-hydrogen) atoms. The Balaban J connectivity index is 1.94. The molecule has 1 N–H and O–H groups in total. The van der Waals surface area contributed by atoms with E-state index in [2.05, 4.69) is 12.2 Å². The average molecular weight is 223 g/mol. The second-order valence-corrected chi connectivity index (χ2v) is 5.34. The molecule has 3 fully saturated rings. The van der Waals surface area contributed by atoms with Crippen molar-refractivity contribution in [2.45, 2.75) is 36.7 Å². The summed E-state index contributed by atoms with van der Waals surface area (Å²) in [7, 11) is 9.54. The van der Waals surface area contributed by atoms with Crippen LogP contribution in [0.3, 0.4) is 0 Å². The highest BCUT2D eigenvalue weighted by Gasteiger charge is 2.76. The molecule has 0 bridgehead atoms. The van der Waals surface area contributed by atoms with Gasteiger partial charge in [0, 0.05) is 44.5 Å². The van der Waals surface area contributed by atoms with E-state index in [4.69, 9.17) is 22.1 Å². The molecule has 0 aromatic carbocycles. The van der Waals surface area contributed by atoms with Crippen molar-refractivity contribution in [2.24, 2.45) is 11.8 Å². The summed E-state index contributed by atoms with van der Waals surface area (Å²) in [5.74, 6) is 0.638. The minimum absolute atomic E-state index is 0.206. The lowest BCUT2D eigenvalue weighted by atomic mass is 9.60. The molecular weight excluding hydrogens is 205 g/mol. The monoisotopic (exact) mass is 223 g/mol. The number of hydrogen-bond acceptors (Lipinski definition) is 4. The first-order valence-corrected chi connectivity index (χ1v) is 5.84. The van der Waals surface area contributed by atoms with Crippen LogP contribution in [0.15, 0.2) is 0 Å². The first kappa shape index (κ1) is 11.0. The van der Waals surface area contributed by atoms with E-state index >= 15 is 0 Å². The molecule has 4 nitrogen and oxygen atoms in total. The summed E-state index contributed by atoms with van der Waals surface area (Å²) in [6.45, 7) is 2.75. The summed E-state index contributed by atoms with van der Waals surface area (Å²) in [4.78, 5) is 0. The van der Waals surface area contributed by atoms with Gasteiger partial charge in [-0.25, -0.2) is 0 Å². The first-order valence-electron chi connectivity index (χ1n) is 5.84. The summed E-state index contributed by atoms with van der Waals surface area (Å²) in [5.41, 5.74) is -0.469. The molecule has 5 heteroatoms. The zero-order valence-electron chi connectivity index (χ0n) is 10.0. The SMILES string of the molecule is [B][C@@H]1O[C@@]2(COC)CC3(OC)N[C@@H](C)C1C32. The zero-order valence-corrected chi connectivity index (χ0v) is 10.0. The van der Waals surface area contributed by atoms with E-state index in [-0.39, 0.29) is 17.3 Å². The fraction of sp³-hybridized carbons (Fsp3) is 1.00. The second-order valence-electron chi connectivity index (χ2n) is 5.34. The van der Waals surface area contributed by atoms with E-state index in [9.17, 15) is 0 Å². The summed E-state index contributed by atoms with van der Waals surface area (Å²) >= 11 is 0. The van der Waals surface area contributed by atoms with E-state index in [1.54, 1.807) is 14.2 Å². The van der Waals surface area contributed by atoms with E-state index in [1.165, 1.54) is 0 Å². The van der Waals surface area contributed by atoms with Crippen LogP contribution in [0.4, 0.5) is 0 Å². The molecule has 2 saturated heterocycles. The molecule has 0 aromatic rings. The van der Waals surface area contributed by atoms with Crippen molar-refractivity contribution >= 4 is 7.85 Å². The van der Waals surface area contributed by atoms with E-state index < -0.39 is 0 Å². The predicted octanol–water partition coefficient (Wildman–Crippen LogP) is -0.133. The molecule has 1 aliphatic carbocycles. The fourth-order valence-corrected chi connectivity index (χ4v) is 4.15. The lowest BCUT2D eigenvalue weighted by molar-refractivity contribution is -0.251. The van der Waals surface area contributed by atoms with Gasteiger partial charge in [-0.05, 0) is 6.92 Å². The number of rotatable bonds is 3. The van der Waals surface area contributed by atoms with Crippen LogP contribution < -0.4 is 5.32 Å². The van der Waals surface area contributed by atoms with Crippen molar-refractivity contribution in [3.05, 3.63) is 0 Å². The Labute approximate surface area is 97.4 Å². The predicted molar refractivity (Wildman–Crippen MR) is 59.2 cm³/mol. The third-order valence-corrected chi connectivity index (χ3v) is 4.57. The fourth-order valence-electron chi connectivity index (χ4n) is 4.15. The maximum atomic E-state index is 6.08. The van der Waals surface area contributed by atoms with Gasteiger partial charge in [-0.3, -0.25) is 5.32 Å². The average Bonchev–Trinajstić information content (AvgIpc) is 2.60. The second kappa shape index (κ2) is 3.22. The van der Waals surface area contributed by atoms with Crippen LogP contribution in [0.2, 0.25) is 0 Å². The van der Waals surface area contributed by atoms with Crippen molar-refractivity contribution in [3.8, 4) is 0 Å². The molecule has 88 valence electrons. The smallest absolute Gasteiger partial charge is 0.128 e. The van der Waals surface area contributed by atoms with Crippen LogP contribution in [-0.2, 0) is 14.2 Å². The van der Waals surface area contributed by atoms with Gasteiger partial charge in [-0.2, -0.15) is 0 Å². The summed E-state index contributed by atoms with van der Waals surface area (Å²) in [6.07, 6.45) is 0.823. The van der Waals surface area contributed by atoms with E-state index in [0.29, 0.717) is 24.5 Å². The quantitative estimate of drug-likeness (QED) is 0.676. The zero-order chi connectivity index (χ0) is 11.6. The third-order valence-electron chi connectivity index (χ3n) is 4.57. The lowest BCUT2D eigenvalue weighted by Crippen LogP contribution is -2.70. The number of nitrogens with one attached hydrogen (secondary N) is 1. The van der Waals surface area contributed by atoms with Crippen LogP contribution in [0.25, 0.3) is 0 Å². The molecule has 2 heterocycles. The van der Waals surface area contributed by atoms with Crippen molar-refractivity contribution in [1.29, 1.82) is 0 Å². The largest absolute Gasteiger partial charge is 0.382 e. The Kier molecular flexibility index (Phi) is 2.22. The molecule has 3 rings (SSSR count). The van der Waals surface area contributed by atoms with Gasteiger partial charge in [0.15, 0.2) is 0 Å². The van der Waals surface area contributed by atoms with Crippen LogP contribution in [-0.4, -0.2) is 52.0 Å². The van der Waals surface area contributed by atoms with E-state index in [1.807, 2.05) is 0 Å². The van der Waals surface area contributed by atoms with Crippen molar-refractivity contribution in [1.82, 2.24) is 5.32 Å². The Morgan fingerprint density at radius 3 is 2.88 bits per heavy atom. The van der Waals surface area contributed by atoms with Crippen LogP contribution >= 0.6 is 0 Å². The Hall–Kier alpha value is -0.0951. The standard InChI is InChI=1S/C11H18BNO3/c1-6-7-8-10(5-14-2,16-9(7)12)4-11(8,13-6)15-3/h6-9,13H,4-5H2,1-3H3/t6-,7?,8?,9+,10+,11?/m0/s1. The van der Waals surface area contributed by atoms with Gasteiger partial charge < -0.3 is 14.2 Å². The van der Waals surface area contributed by atoms with Crippen LogP contribution in [0.5, 0.6) is 0 Å². The third kappa shape index (κ3) is 1.05. The lowest BCUT2D eigenvalue weighted by Gasteiger charge is -2.55. The number of hydrogen-bond donors (Lipinski definition) is 1. The highest BCUT2D eigenvalue weighted by Crippen LogP contribution is 2.63. The van der Waals surface area contributed by atoms with Gasteiger partial charge in [0.2, 0.25) is 0 Å². The number of ether oxygens (including phenoxy) is 3. The Morgan fingerprint density at radius 1 is 1.50 bits per heavy atom.